The molecule has 1 unspecified atom stereocenters. The number of ether oxygens (including phenoxy) is 1. The standard InChI is InChI=1S/C21H27NO2S/c1-14-6-8-19(9-7-14)25-11-10-22-21(23)18(5)24-20-13-15(2)12-16(3)17(20)4/h6-9,12-13,18H,10-11H2,1-5H3,(H,22,23). The van der Waals surface area contributed by atoms with Crippen LogP contribution in [0, 0.1) is 27.7 Å². The lowest BCUT2D eigenvalue weighted by Gasteiger charge is -2.18. The maximum atomic E-state index is 12.2. The van der Waals surface area contributed by atoms with Crippen molar-refractivity contribution in [3.8, 4) is 5.75 Å². The molecule has 0 radical (unpaired) electrons. The van der Waals surface area contributed by atoms with Crippen LogP contribution in [-0.2, 0) is 4.79 Å². The van der Waals surface area contributed by atoms with Crippen LogP contribution in [0.5, 0.6) is 5.75 Å². The number of thioether (sulfide) groups is 1. The van der Waals surface area contributed by atoms with Gasteiger partial charge < -0.3 is 10.1 Å². The van der Waals surface area contributed by atoms with Gasteiger partial charge in [0, 0.05) is 17.2 Å². The van der Waals surface area contributed by atoms with E-state index in [0.717, 1.165) is 22.6 Å². The molecule has 0 spiro atoms. The van der Waals surface area contributed by atoms with Gasteiger partial charge >= 0.3 is 0 Å². The summed E-state index contributed by atoms with van der Waals surface area (Å²) in [4.78, 5) is 13.5. The summed E-state index contributed by atoms with van der Waals surface area (Å²) in [7, 11) is 0. The molecule has 0 heterocycles. The van der Waals surface area contributed by atoms with Gasteiger partial charge in [-0.05, 0) is 69.5 Å². The lowest BCUT2D eigenvalue weighted by atomic mass is 10.1. The molecule has 2 aromatic rings. The van der Waals surface area contributed by atoms with E-state index in [1.165, 1.54) is 16.0 Å². The van der Waals surface area contributed by atoms with Gasteiger partial charge in [0.05, 0.1) is 0 Å². The van der Waals surface area contributed by atoms with E-state index in [1.807, 2.05) is 19.9 Å². The van der Waals surface area contributed by atoms with E-state index in [1.54, 1.807) is 18.7 Å². The van der Waals surface area contributed by atoms with Crippen LogP contribution in [0.25, 0.3) is 0 Å². The highest BCUT2D eigenvalue weighted by Gasteiger charge is 2.16. The van der Waals surface area contributed by atoms with Crippen molar-refractivity contribution in [3.05, 3.63) is 58.7 Å². The molecule has 0 aliphatic carbocycles. The van der Waals surface area contributed by atoms with Crippen molar-refractivity contribution in [1.82, 2.24) is 5.32 Å². The Bertz CT molecular complexity index is 725. The lowest BCUT2D eigenvalue weighted by molar-refractivity contribution is -0.127. The molecule has 0 saturated carbocycles. The van der Waals surface area contributed by atoms with Crippen LogP contribution in [0.2, 0.25) is 0 Å². The summed E-state index contributed by atoms with van der Waals surface area (Å²) in [5.74, 6) is 1.54. The summed E-state index contributed by atoms with van der Waals surface area (Å²) in [5.41, 5.74) is 4.66. The minimum Gasteiger partial charge on any atom is -0.481 e. The summed E-state index contributed by atoms with van der Waals surface area (Å²) in [6.07, 6.45) is -0.510. The Morgan fingerprint density at radius 1 is 1.08 bits per heavy atom. The van der Waals surface area contributed by atoms with Gasteiger partial charge in [0.1, 0.15) is 5.75 Å². The van der Waals surface area contributed by atoms with Gasteiger partial charge in [0.2, 0.25) is 0 Å². The number of hydrogen-bond acceptors (Lipinski definition) is 3. The van der Waals surface area contributed by atoms with E-state index in [9.17, 15) is 4.79 Å². The smallest absolute Gasteiger partial charge is 0.260 e. The normalized spacial score (nSPS) is 11.9. The number of rotatable bonds is 7. The minimum atomic E-state index is -0.510. The molecule has 0 aliphatic rings. The molecule has 25 heavy (non-hydrogen) atoms. The van der Waals surface area contributed by atoms with Crippen molar-refractivity contribution in [2.45, 2.75) is 45.6 Å². The third kappa shape index (κ3) is 5.82. The van der Waals surface area contributed by atoms with E-state index in [-0.39, 0.29) is 5.91 Å². The molecule has 0 fully saturated rings. The molecule has 2 aromatic carbocycles. The Morgan fingerprint density at radius 3 is 2.44 bits per heavy atom. The number of carbonyl (C=O) groups excluding carboxylic acids is 1. The Morgan fingerprint density at radius 2 is 1.76 bits per heavy atom. The van der Waals surface area contributed by atoms with E-state index >= 15 is 0 Å². The van der Waals surface area contributed by atoms with Gasteiger partial charge in [-0.3, -0.25) is 4.79 Å². The van der Waals surface area contributed by atoms with Crippen LogP contribution in [0.15, 0.2) is 41.3 Å². The van der Waals surface area contributed by atoms with E-state index in [2.05, 4.69) is 49.5 Å². The average molecular weight is 358 g/mol. The van der Waals surface area contributed by atoms with Gasteiger partial charge in [-0.2, -0.15) is 0 Å². The van der Waals surface area contributed by atoms with Crippen molar-refractivity contribution >= 4 is 17.7 Å². The molecule has 3 nitrogen and oxygen atoms in total. The zero-order chi connectivity index (χ0) is 18.4. The fraction of sp³-hybridized carbons (Fsp3) is 0.381. The second-order valence-electron chi connectivity index (χ2n) is 6.42. The van der Waals surface area contributed by atoms with Crippen LogP contribution in [0.3, 0.4) is 0 Å². The maximum absolute atomic E-state index is 12.2. The van der Waals surface area contributed by atoms with Crippen LogP contribution in [-0.4, -0.2) is 24.3 Å². The maximum Gasteiger partial charge on any atom is 0.260 e. The second kappa shape index (κ2) is 8.95. The summed E-state index contributed by atoms with van der Waals surface area (Å²) in [6, 6.07) is 12.5. The largest absolute Gasteiger partial charge is 0.481 e. The number of aryl methyl sites for hydroxylation is 3. The highest BCUT2D eigenvalue weighted by molar-refractivity contribution is 7.99. The van der Waals surface area contributed by atoms with Gasteiger partial charge in [-0.1, -0.05) is 23.8 Å². The quantitative estimate of drug-likeness (QED) is 0.581. The molecule has 1 N–H and O–H groups in total. The van der Waals surface area contributed by atoms with Gasteiger partial charge in [0.25, 0.3) is 5.91 Å². The molecule has 0 aliphatic heterocycles. The van der Waals surface area contributed by atoms with Crippen molar-refractivity contribution < 1.29 is 9.53 Å². The Hall–Kier alpha value is -1.94. The van der Waals surface area contributed by atoms with Crippen molar-refractivity contribution in [3.63, 3.8) is 0 Å². The van der Waals surface area contributed by atoms with Crippen LogP contribution >= 0.6 is 11.8 Å². The molecule has 4 heteroatoms. The summed E-state index contributed by atoms with van der Waals surface area (Å²) in [5, 5.41) is 2.95. The van der Waals surface area contributed by atoms with Gasteiger partial charge in [0.15, 0.2) is 6.10 Å². The van der Waals surface area contributed by atoms with Crippen LogP contribution < -0.4 is 10.1 Å². The number of benzene rings is 2. The van der Waals surface area contributed by atoms with E-state index < -0.39 is 6.10 Å². The Labute approximate surface area is 155 Å². The monoisotopic (exact) mass is 357 g/mol. The molecule has 1 atom stereocenters. The Kier molecular flexibility index (Phi) is 6.94. The van der Waals surface area contributed by atoms with Crippen LogP contribution in [0.4, 0.5) is 0 Å². The summed E-state index contributed by atoms with van der Waals surface area (Å²) >= 11 is 1.74. The van der Waals surface area contributed by atoms with Crippen LogP contribution in [0.1, 0.15) is 29.2 Å². The number of hydrogen-bond donors (Lipinski definition) is 1. The molecular formula is C21H27NO2S. The average Bonchev–Trinajstić information content (AvgIpc) is 2.57. The minimum absolute atomic E-state index is 0.0805. The zero-order valence-corrected chi connectivity index (χ0v) is 16.5. The van der Waals surface area contributed by atoms with Crippen molar-refractivity contribution in [2.24, 2.45) is 0 Å². The molecule has 2 rings (SSSR count). The third-order valence-corrected chi connectivity index (χ3v) is 5.14. The molecular weight excluding hydrogens is 330 g/mol. The van der Waals surface area contributed by atoms with Gasteiger partial charge in [-0.25, -0.2) is 0 Å². The number of amides is 1. The number of carbonyl (C=O) groups is 1. The topological polar surface area (TPSA) is 38.3 Å². The molecule has 1 amide bonds. The first-order chi connectivity index (χ1) is 11.9. The highest BCUT2D eigenvalue weighted by atomic mass is 32.2. The first-order valence-corrected chi connectivity index (χ1v) is 9.57. The fourth-order valence-electron chi connectivity index (χ4n) is 2.49. The fourth-order valence-corrected chi connectivity index (χ4v) is 3.26. The van der Waals surface area contributed by atoms with Crippen molar-refractivity contribution in [2.75, 3.05) is 12.3 Å². The molecule has 0 saturated heterocycles. The molecule has 0 aromatic heterocycles. The Balaban J connectivity index is 1.79. The summed E-state index contributed by atoms with van der Waals surface area (Å²) < 4.78 is 5.88. The summed E-state index contributed by atoms with van der Waals surface area (Å²) in [6.45, 7) is 10.6. The molecule has 0 bridgehead atoms. The third-order valence-electron chi connectivity index (χ3n) is 4.13. The second-order valence-corrected chi connectivity index (χ2v) is 7.59. The SMILES string of the molecule is Cc1ccc(SCCNC(=O)C(C)Oc2cc(C)cc(C)c2C)cc1. The molecule has 134 valence electrons. The van der Waals surface area contributed by atoms with Crippen molar-refractivity contribution in [1.29, 1.82) is 0 Å². The predicted molar refractivity (Wildman–Crippen MR) is 106 cm³/mol. The number of nitrogens with one attached hydrogen (secondary N) is 1. The van der Waals surface area contributed by atoms with Gasteiger partial charge in [-0.15, -0.1) is 11.8 Å². The van der Waals surface area contributed by atoms with E-state index in [4.69, 9.17) is 4.74 Å². The van der Waals surface area contributed by atoms with E-state index in [0.29, 0.717) is 6.54 Å². The lowest BCUT2D eigenvalue weighted by Crippen LogP contribution is -2.37. The highest BCUT2D eigenvalue weighted by Crippen LogP contribution is 2.24. The first-order valence-electron chi connectivity index (χ1n) is 8.58. The zero-order valence-electron chi connectivity index (χ0n) is 15.7. The first kappa shape index (κ1) is 19.4. The predicted octanol–water partition coefficient (Wildman–Crippen LogP) is 4.60.